The third kappa shape index (κ3) is 3.26. The summed E-state index contributed by atoms with van der Waals surface area (Å²) in [4.78, 5) is 29.8. The Labute approximate surface area is 143 Å². The zero-order valence-corrected chi connectivity index (χ0v) is 14.1. The van der Waals surface area contributed by atoms with Crippen molar-refractivity contribution in [2.24, 2.45) is 0 Å². The van der Waals surface area contributed by atoms with Gasteiger partial charge in [0.05, 0.1) is 7.11 Å². The van der Waals surface area contributed by atoms with Crippen LogP contribution in [0.1, 0.15) is 29.8 Å². The van der Waals surface area contributed by atoms with Crippen LogP contribution in [-0.4, -0.2) is 46.6 Å². The lowest BCUT2D eigenvalue weighted by Crippen LogP contribution is -2.48. The molecule has 2 heterocycles. The molecule has 0 saturated carbocycles. The number of hydrogen-bond acceptors (Lipinski definition) is 5. The van der Waals surface area contributed by atoms with Gasteiger partial charge in [0.15, 0.2) is 0 Å². The monoisotopic (exact) mass is 346 g/mol. The van der Waals surface area contributed by atoms with E-state index in [1.54, 1.807) is 12.5 Å². The van der Waals surface area contributed by atoms with Crippen molar-refractivity contribution in [1.82, 2.24) is 9.88 Å². The van der Waals surface area contributed by atoms with Gasteiger partial charge in [-0.25, -0.2) is 9.78 Å². The van der Waals surface area contributed by atoms with E-state index in [-0.39, 0.29) is 5.91 Å². The van der Waals surface area contributed by atoms with E-state index in [4.69, 9.17) is 4.74 Å². The fraction of sp³-hybridized carbons (Fsp3) is 0.353. The molecule has 1 atom stereocenters. The molecule has 24 heavy (non-hydrogen) atoms. The number of aromatic nitrogens is 1. The normalized spacial score (nSPS) is 17.5. The van der Waals surface area contributed by atoms with Gasteiger partial charge in [-0.05, 0) is 43.5 Å². The highest BCUT2D eigenvalue weighted by Gasteiger charge is 2.33. The van der Waals surface area contributed by atoms with Crippen molar-refractivity contribution >= 4 is 23.2 Å². The molecule has 0 bridgehead atoms. The summed E-state index contributed by atoms with van der Waals surface area (Å²) in [5, 5.41) is 11.7. The van der Waals surface area contributed by atoms with E-state index in [2.05, 4.69) is 4.98 Å². The molecule has 1 aromatic heterocycles. The first-order valence-electron chi connectivity index (χ1n) is 7.74. The Morgan fingerprint density at radius 1 is 1.29 bits per heavy atom. The Kier molecular flexibility index (Phi) is 4.80. The number of ether oxygens (including phenoxy) is 1. The highest BCUT2D eigenvalue weighted by molar-refractivity contribution is 7.13. The molecular weight excluding hydrogens is 328 g/mol. The summed E-state index contributed by atoms with van der Waals surface area (Å²) in [5.41, 5.74) is 1.20. The predicted octanol–water partition coefficient (Wildman–Crippen LogP) is 2.90. The second kappa shape index (κ2) is 7.00. The number of hydrogen-bond donors (Lipinski definition) is 1. The average Bonchev–Trinajstić information content (AvgIpc) is 3.11. The first-order chi connectivity index (χ1) is 11.6. The van der Waals surface area contributed by atoms with Gasteiger partial charge in [-0.2, -0.15) is 0 Å². The van der Waals surface area contributed by atoms with E-state index in [1.807, 2.05) is 24.3 Å². The van der Waals surface area contributed by atoms with Crippen LogP contribution in [0.25, 0.3) is 10.6 Å². The summed E-state index contributed by atoms with van der Waals surface area (Å²) in [6.07, 6.45) is 2.15. The average molecular weight is 346 g/mol. The number of carbonyl (C=O) groups excluding carboxylic acids is 1. The molecule has 7 heteroatoms. The van der Waals surface area contributed by atoms with E-state index in [0.29, 0.717) is 18.7 Å². The molecule has 6 nitrogen and oxygen atoms in total. The molecule has 1 N–H and O–H groups in total. The van der Waals surface area contributed by atoms with Gasteiger partial charge in [-0.3, -0.25) is 4.79 Å². The third-order valence-electron chi connectivity index (χ3n) is 4.11. The second-order valence-electron chi connectivity index (χ2n) is 5.61. The van der Waals surface area contributed by atoms with Crippen LogP contribution < -0.4 is 4.74 Å². The van der Waals surface area contributed by atoms with Gasteiger partial charge in [0, 0.05) is 17.5 Å². The number of methoxy groups -OCH3 is 1. The van der Waals surface area contributed by atoms with Crippen LogP contribution >= 0.6 is 11.3 Å². The highest BCUT2D eigenvalue weighted by Crippen LogP contribution is 2.27. The van der Waals surface area contributed by atoms with Crippen LogP contribution in [0.15, 0.2) is 29.6 Å². The standard InChI is InChI=1S/C17H18N2O4S/c1-23-12-7-5-11(6-8-12)15-18-13(10-24-15)16(20)19-9-3-2-4-14(19)17(21)22/h5-8,10,14H,2-4,9H2,1H3,(H,21,22)/t14-/m1/s1. The van der Waals surface area contributed by atoms with E-state index in [0.717, 1.165) is 29.2 Å². The Hall–Kier alpha value is -2.41. The molecular formula is C17H18N2O4S. The van der Waals surface area contributed by atoms with Crippen molar-refractivity contribution < 1.29 is 19.4 Å². The van der Waals surface area contributed by atoms with Gasteiger partial charge >= 0.3 is 5.97 Å². The molecule has 0 spiro atoms. The zero-order chi connectivity index (χ0) is 17.1. The highest BCUT2D eigenvalue weighted by atomic mass is 32.1. The smallest absolute Gasteiger partial charge is 0.326 e. The van der Waals surface area contributed by atoms with Crippen LogP contribution in [0.5, 0.6) is 5.75 Å². The minimum absolute atomic E-state index is 0.305. The SMILES string of the molecule is COc1ccc(-c2nc(C(=O)N3CCCC[C@@H]3C(=O)O)cs2)cc1. The molecule has 2 aromatic rings. The maximum absolute atomic E-state index is 12.6. The molecule has 1 aliphatic heterocycles. The van der Waals surface area contributed by atoms with Crippen molar-refractivity contribution in [2.45, 2.75) is 25.3 Å². The number of carbonyl (C=O) groups is 2. The number of benzene rings is 1. The van der Waals surface area contributed by atoms with Crippen LogP contribution in [0.2, 0.25) is 0 Å². The van der Waals surface area contributed by atoms with Gasteiger partial charge < -0.3 is 14.7 Å². The Balaban J connectivity index is 1.81. The van der Waals surface area contributed by atoms with Crippen LogP contribution in [0, 0.1) is 0 Å². The summed E-state index contributed by atoms with van der Waals surface area (Å²) < 4.78 is 5.13. The van der Waals surface area contributed by atoms with E-state index >= 15 is 0 Å². The van der Waals surface area contributed by atoms with Gasteiger partial charge in [0.25, 0.3) is 5.91 Å². The fourth-order valence-corrected chi connectivity index (χ4v) is 3.62. The number of carboxylic acid groups (broad SMARTS) is 1. The molecule has 1 aliphatic rings. The number of nitrogens with zero attached hydrogens (tertiary/aromatic N) is 2. The molecule has 1 fully saturated rings. The van der Waals surface area contributed by atoms with Gasteiger partial charge in [0.1, 0.15) is 22.5 Å². The summed E-state index contributed by atoms with van der Waals surface area (Å²) >= 11 is 1.37. The molecule has 1 saturated heterocycles. The number of thiazole rings is 1. The van der Waals surface area contributed by atoms with Crippen LogP contribution in [-0.2, 0) is 4.79 Å². The Morgan fingerprint density at radius 2 is 2.04 bits per heavy atom. The molecule has 0 unspecified atom stereocenters. The van der Waals surface area contributed by atoms with Crippen molar-refractivity contribution in [2.75, 3.05) is 13.7 Å². The van der Waals surface area contributed by atoms with Crippen molar-refractivity contribution in [3.05, 3.63) is 35.3 Å². The lowest BCUT2D eigenvalue weighted by molar-refractivity contribution is -0.143. The lowest BCUT2D eigenvalue weighted by Gasteiger charge is -2.32. The maximum Gasteiger partial charge on any atom is 0.326 e. The predicted molar refractivity (Wildman–Crippen MR) is 90.4 cm³/mol. The molecule has 3 rings (SSSR count). The summed E-state index contributed by atoms with van der Waals surface area (Å²) in [6.45, 7) is 0.463. The Morgan fingerprint density at radius 3 is 2.71 bits per heavy atom. The van der Waals surface area contributed by atoms with Crippen molar-refractivity contribution in [1.29, 1.82) is 0 Å². The topological polar surface area (TPSA) is 79.7 Å². The summed E-state index contributed by atoms with van der Waals surface area (Å²) in [7, 11) is 1.60. The molecule has 0 radical (unpaired) electrons. The summed E-state index contributed by atoms with van der Waals surface area (Å²) in [5.74, 6) is -0.504. The number of carboxylic acids is 1. The zero-order valence-electron chi connectivity index (χ0n) is 13.3. The van der Waals surface area contributed by atoms with Gasteiger partial charge in [-0.15, -0.1) is 11.3 Å². The van der Waals surface area contributed by atoms with E-state index in [1.165, 1.54) is 16.2 Å². The first kappa shape index (κ1) is 16.4. The maximum atomic E-state index is 12.6. The van der Waals surface area contributed by atoms with E-state index in [9.17, 15) is 14.7 Å². The fourth-order valence-electron chi connectivity index (χ4n) is 2.82. The van der Waals surface area contributed by atoms with Gasteiger partial charge in [0.2, 0.25) is 0 Å². The number of amides is 1. The third-order valence-corrected chi connectivity index (χ3v) is 5.00. The molecule has 1 aromatic carbocycles. The van der Waals surface area contributed by atoms with E-state index < -0.39 is 12.0 Å². The van der Waals surface area contributed by atoms with Crippen molar-refractivity contribution in [3.8, 4) is 16.3 Å². The number of aliphatic carboxylic acids is 1. The number of rotatable bonds is 4. The quantitative estimate of drug-likeness (QED) is 0.921. The van der Waals surface area contributed by atoms with Crippen LogP contribution in [0.3, 0.4) is 0 Å². The van der Waals surface area contributed by atoms with Crippen molar-refractivity contribution in [3.63, 3.8) is 0 Å². The second-order valence-corrected chi connectivity index (χ2v) is 6.47. The molecule has 0 aliphatic carbocycles. The molecule has 126 valence electrons. The number of piperidine rings is 1. The number of likely N-dealkylation sites (tertiary alicyclic amines) is 1. The van der Waals surface area contributed by atoms with Gasteiger partial charge in [-0.1, -0.05) is 0 Å². The largest absolute Gasteiger partial charge is 0.497 e. The Bertz CT molecular complexity index is 741. The summed E-state index contributed by atoms with van der Waals surface area (Å²) in [6, 6.07) is 6.68. The van der Waals surface area contributed by atoms with Crippen LogP contribution in [0.4, 0.5) is 0 Å². The first-order valence-corrected chi connectivity index (χ1v) is 8.62. The minimum atomic E-state index is -0.950. The lowest BCUT2D eigenvalue weighted by atomic mass is 10.0. The molecule has 1 amide bonds. The minimum Gasteiger partial charge on any atom is -0.497 e.